The molecule has 2 N–H and O–H groups in total. The summed E-state index contributed by atoms with van der Waals surface area (Å²) in [6.45, 7) is 0.0781. The first kappa shape index (κ1) is 26.0. The van der Waals surface area contributed by atoms with Gasteiger partial charge in [-0.1, -0.05) is 28.6 Å². The molecule has 12 heteroatoms. The Kier molecular flexibility index (Phi) is 8.17. The summed E-state index contributed by atoms with van der Waals surface area (Å²) >= 11 is 5.97. The maximum atomic E-state index is 13.2. The lowest BCUT2D eigenvalue weighted by atomic mass is 9.95. The lowest BCUT2D eigenvalue weighted by Crippen LogP contribution is -2.48. The van der Waals surface area contributed by atoms with Crippen molar-refractivity contribution in [3.05, 3.63) is 89.0 Å². The van der Waals surface area contributed by atoms with Gasteiger partial charge in [0.1, 0.15) is 18.2 Å². The molecule has 2 atom stereocenters. The first-order chi connectivity index (χ1) is 17.2. The van der Waals surface area contributed by atoms with Gasteiger partial charge in [0.2, 0.25) is 0 Å². The maximum absolute atomic E-state index is 13.2. The summed E-state index contributed by atoms with van der Waals surface area (Å²) in [6, 6.07) is 12.9. The molecule has 190 valence electrons. The predicted octanol–water partition coefficient (Wildman–Crippen LogP) is 4.03. The number of hydrogen-bond donors (Lipinski definition) is 2. The summed E-state index contributed by atoms with van der Waals surface area (Å²) in [4.78, 5) is 18.3. The van der Waals surface area contributed by atoms with Crippen LogP contribution in [0.25, 0.3) is 0 Å². The maximum Gasteiger partial charge on any atom is 0.267 e. The fourth-order valence-corrected chi connectivity index (χ4v) is 4.81. The van der Waals surface area contributed by atoms with Crippen LogP contribution in [0.15, 0.2) is 71.9 Å². The topological polar surface area (TPSA) is 118 Å². The van der Waals surface area contributed by atoms with E-state index in [1.807, 2.05) is 10.9 Å². The first-order valence-corrected chi connectivity index (χ1v) is 12.8. The van der Waals surface area contributed by atoms with Gasteiger partial charge in [-0.3, -0.25) is 15.0 Å². The number of halogens is 2. The van der Waals surface area contributed by atoms with E-state index in [0.29, 0.717) is 24.2 Å². The first-order valence-electron chi connectivity index (χ1n) is 11.0. The van der Waals surface area contributed by atoms with E-state index in [1.54, 1.807) is 18.5 Å². The number of nitrogens with zero attached hydrogens (tertiary/aromatic N) is 2. The van der Waals surface area contributed by atoms with Crippen molar-refractivity contribution in [2.75, 3.05) is 6.61 Å². The third-order valence-corrected chi connectivity index (χ3v) is 7.30. The van der Waals surface area contributed by atoms with Crippen LogP contribution in [0, 0.1) is 11.7 Å². The molecule has 1 amide bonds. The largest absolute Gasteiger partial charge is 0.489 e. The number of benzene rings is 2. The number of rotatable bonds is 8. The second-order valence-corrected chi connectivity index (χ2v) is 10.2. The smallest absolute Gasteiger partial charge is 0.267 e. The van der Waals surface area contributed by atoms with Gasteiger partial charge in [0.25, 0.3) is 15.9 Å². The molecule has 2 heterocycles. The Hall–Kier alpha value is -3.09. The molecule has 0 spiro atoms. The number of sulfonamides is 1. The summed E-state index contributed by atoms with van der Waals surface area (Å²) in [5.74, 6) is -1.65. The van der Waals surface area contributed by atoms with Crippen molar-refractivity contribution in [1.29, 1.82) is 0 Å². The van der Waals surface area contributed by atoms with Crippen molar-refractivity contribution in [1.82, 2.24) is 15.0 Å². The molecule has 1 fully saturated rings. The lowest BCUT2D eigenvalue weighted by Gasteiger charge is -2.30. The number of carbonyl (C=O) groups is 1. The number of carbonyl (C=O) groups excluding carboxylic acids is 1. The zero-order chi connectivity index (χ0) is 25.7. The monoisotopic (exact) mass is 535 g/mol. The molecular weight excluding hydrogens is 513 g/mol. The van der Waals surface area contributed by atoms with Crippen LogP contribution in [-0.2, 0) is 26.2 Å². The molecule has 0 radical (unpaired) electrons. The van der Waals surface area contributed by atoms with Crippen LogP contribution in [0.3, 0.4) is 0 Å². The van der Waals surface area contributed by atoms with Crippen LogP contribution in [0.1, 0.15) is 30.1 Å². The van der Waals surface area contributed by atoms with Crippen molar-refractivity contribution < 1.29 is 32.3 Å². The second kappa shape index (κ2) is 11.3. The molecule has 0 aliphatic carbocycles. The SMILES string of the molecule is O=C(C1CCC(c2cccnc2)OC1)N(O)NS(=O)(=O)c1ccc(OCc2ccc(F)cc2Cl)cc1. The number of hydrazine groups is 1. The van der Waals surface area contributed by atoms with Crippen molar-refractivity contribution >= 4 is 27.5 Å². The number of aromatic nitrogens is 1. The Morgan fingerprint density at radius 3 is 2.64 bits per heavy atom. The second-order valence-electron chi connectivity index (χ2n) is 8.12. The van der Waals surface area contributed by atoms with Gasteiger partial charge in [-0.05, 0) is 60.9 Å². The Morgan fingerprint density at radius 1 is 1.22 bits per heavy atom. The molecule has 2 aromatic carbocycles. The third kappa shape index (κ3) is 6.37. The summed E-state index contributed by atoms with van der Waals surface area (Å²) in [6.07, 6.45) is 4.05. The lowest BCUT2D eigenvalue weighted by molar-refractivity contribution is -0.182. The molecule has 1 aromatic heterocycles. The molecule has 4 rings (SSSR count). The molecule has 1 saturated heterocycles. The predicted molar refractivity (Wildman–Crippen MR) is 127 cm³/mol. The third-order valence-electron chi connectivity index (χ3n) is 5.64. The van der Waals surface area contributed by atoms with E-state index in [-0.39, 0.29) is 34.4 Å². The van der Waals surface area contributed by atoms with Gasteiger partial charge in [-0.2, -0.15) is 0 Å². The molecule has 36 heavy (non-hydrogen) atoms. The number of ether oxygens (including phenoxy) is 2. The minimum Gasteiger partial charge on any atom is -0.489 e. The van der Waals surface area contributed by atoms with Crippen molar-refractivity contribution in [2.24, 2.45) is 5.92 Å². The summed E-state index contributed by atoms with van der Waals surface area (Å²) in [7, 11) is -4.25. The number of hydroxylamine groups is 1. The quantitative estimate of drug-likeness (QED) is 0.330. The number of nitrogens with one attached hydrogen (secondary N) is 1. The van der Waals surface area contributed by atoms with Crippen LogP contribution >= 0.6 is 11.6 Å². The highest BCUT2D eigenvalue weighted by molar-refractivity contribution is 7.89. The minimum atomic E-state index is -4.25. The molecule has 1 aliphatic heterocycles. The van der Waals surface area contributed by atoms with Gasteiger partial charge >= 0.3 is 0 Å². The van der Waals surface area contributed by atoms with E-state index in [9.17, 15) is 22.8 Å². The van der Waals surface area contributed by atoms with E-state index >= 15 is 0 Å². The molecule has 9 nitrogen and oxygen atoms in total. The van der Waals surface area contributed by atoms with E-state index in [0.717, 1.165) is 5.56 Å². The average Bonchev–Trinajstić information content (AvgIpc) is 2.88. The van der Waals surface area contributed by atoms with Gasteiger partial charge in [-0.25, -0.2) is 12.8 Å². The van der Waals surface area contributed by atoms with Crippen molar-refractivity contribution in [3.8, 4) is 5.75 Å². The van der Waals surface area contributed by atoms with Gasteiger partial charge in [0, 0.05) is 18.0 Å². The standard InChI is InChI=1S/C24H23ClFN3O6S/c25-22-12-19(26)5-3-17(22)14-34-20-6-8-21(9-7-20)36(32,33)28-29(31)24(30)18-4-10-23(35-15-18)16-2-1-11-27-13-16/h1-3,5-9,11-13,18,23,28,31H,4,10,14-15H2. The van der Waals surface area contributed by atoms with E-state index < -0.39 is 27.7 Å². The molecule has 0 bridgehead atoms. The number of amides is 1. The highest BCUT2D eigenvalue weighted by Gasteiger charge is 2.32. The Labute approximate surface area is 212 Å². The van der Waals surface area contributed by atoms with E-state index in [2.05, 4.69) is 4.98 Å². The fourth-order valence-electron chi connectivity index (χ4n) is 3.67. The highest BCUT2D eigenvalue weighted by Crippen LogP contribution is 2.30. The average molecular weight is 536 g/mol. The van der Waals surface area contributed by atoms with Crippen LogP contribution in [0.4, 0.5) is 4.39 Å². The Morgan fingerprint density at radius 2 is 2.00 bits per heavy atom. The van der Waals surface area contributed by atoms with E-state index in [4.69, 9.17) is 21.1 Å². The summed E-state index contributed by atoms with van der Waals surface area (Å²) < 4.78 is 49.7. The van der Waals surface area contributed by atoms with E-state index in [1.165, 1.54) is 42.5 Å². The van der Waals surface area contributed by atoms with Crippen LogP contribution in [0.5, 0.6) is 5.75 Å². The van der Waals surface area contributed by atoms with Crippen LogP contribution < -0.4 is 9.57 Å². The summed E-state index contributed by atoms with van der Waals surface area (Å²) in [5, 5.41) is 10.3. The molecule has 2 unspecified atom stereocenters. The Balaban J connectivity index is 1.31. The van der Waals surface area contributed by atoms with Gasteiger partial charge in [0.15, 0.2) is 0 Å². The normalized spacial score (nSPS) is 18.0. The fraction of sp³-hybridized carbons (Fsp3) is 0.250. The van der Waals surface area contributed by atoms with Gasteiger partial charge in [-0.15, -0.1) is 5.17 Å². The van der Waals surface area contributed by atoms with Crippen LogP contribution in [-0.4, -0.2) is 36.3 Å². The molecule has 0 saturated carbocycles. The van der Waals surface area contributed by atoms with Crippen LogP contribution in [0.2, 0.25) is 5.02 Å². The molecule has 1 aliphatic rings. The van der Waals surface area contributed by atoms with Gasteiger partial charge < -0.3 is 9.47 Å². The number of hydrogen-bond acceptors (Lipinski definition) is 7. The molecular formula is C24H23ClFN3O6S. The Bertz CT molecular complexity index is 1300. The molecule has 3 aromatic rings. The minimum absolute atomic E-state index is 0.0191. The highest BCUT2D eigenvalue weighted by atomic mass is 35.5. The number of pyridine rings is 1. The van der Waals surface area contributed by atoms with Gasteiger partial charge in [0.05, 0.1) is 28.5 Å². The zero-order valence-electron chi connectivity index (χ0n) is 18.9. The van der Waals surface area contributed by atoms with Crippen molar-refractivity contribution in [2.45, 2.75) is 30.4 Å². The summed E-state index contributed by atoms with van der Waals surface area (Å²) in [5.41, 5.74) is 1.45. The zero-order valence-corrected chi connectivity index (χ0v) is 20.5. The van der Waals surface area contributed by atoms with Crippen molar-refractivity contribution in [3.63, 3.8) is 0 Å².